The fourth-order valence-corrected chi connectivity index (χ4v) is 1.98. The van der Waals surface area contributed by atoms with E-state index in [0.29, 0.717) is 12.8 Å². The van der Waals surface area contributed by atoms with E-state index in [-0.39, 0.29) is 5.78 Å². The van der Waals surface area contributed by atoms with Gasteiger partial charge in [0, 0.05) is 6.42 Å². The first-order chi connectivity index (χ1) is 8.77. The predicted molar refractivity (Wildman–Crippen MR) is 73.0 cm³/mol. The quantitative estimate of drug-likeness (QED) is 0.649. The number of hydrogen-bond acceptors (Lipinski definition) is 2. The Morgan fingerprint density at radius 3 is 2.61 bits per heavy atom. The van der Waals surface area contributed by atoms with Gasteiger partial charge in [0.25, 0.3) is 0 Å². The number of ketones is 1. The maximum Gasteiger partial charge on any atom is 0.150 e. The Morgan fingerprint density at radius 2 is 2.00 bits per heavy atom. The Bertz CT molecular complexity index is 391. The van der Waals surface area contributed by atoms with Crippen LogP contribution in [-0.4, -0.2) is 5.78 Å². The van der Waals surface area contributed by atoms with Crippen molar-refractivity contribution in [1.29, 1.82) is 5.26 Å². The van der Waals surface area contributed by atoms with Crippen molar-refractivity contribution in [2.45, 2.75) is 45.4 Å². The fraction of sp³-hybridized carbons (Fsp3) is 0.500. The lowest BCUT2D eigenvalue weighted by Gasteiger charge is -2.08. The summed E-state index contributed by atoms with van der Waals surface area (Å²) in [7, 11) is 0. The van der Waals surface area contributed by atoms with Crippen LogP contribution in [0.5, 0.6) is 0 Å². The predicted octanol–water partition coefficient (Wildman–Crippen LogP) is 3.91. The van der Waals surface area contributed by atoms with Gasteiger partial charge in [-0.05, 0) is 24.8 Å². The van der Waals surface area contributed by atoms with E-state index in [4.69, 9.17) is 5.26 Å². The Hall–Kier alpha value is -1.62. The number of benzene rings is 1. The average Bonchev–Trinajstić information content (AvgIpc) is 2.41. The molecule has 0 saturated carbocycles. The molecule has 0 bridgehead atoms. The minimum Gasteiger partial charge on any atom is -0.298 e. The minimum atomic E-state index is -0.429. The highest BCUT2D eigenvalue weighted by atomic mass is 16.1. The van der Waals surface area contributed by atoms with Crippen LogP contribution >= 0.6 is 0 Å². The van der Waals surface area contributed by atoms with Gasteiger partial charge in [0.05, 0.1) is 6.07 Å². The van der Waals surface area contributed by atoms with Gasteiger partial charge in [-0.15, -0.1) is 0 Å². The summed E-state index contributed by atoms with van der Waals surface area (Å²) in [6.45, 7) is 2.11. The van der Waals surface area contributed by atoms with Crippen molar-refractivity contribution in [2.75, 3.05) is 0 Å². The van der Waals surface area contributed by atoms with Gasteiger partial charge >= 0.3 is 0 Å². The second-order valence-corrected chi connectivity index (χ2v) is 4.63. The molecule has 1 atom stereocenters. The smallest absolute Gasteiger partial charge is 0.150 e. The number of hydrogen-bond donors (Lipinski definition) is 0. The van der Waals surface area contributed by atoms with Gasteiger partial charge in [-0.25, -0.2) is 0 Å². The van der Waals surface area contributed by atoms with Gasteiger partial charge in [-0.1, -0.05) is 50.1 Å². The SMILES string of the molecule is CCCCCC(=O)C(C#N)CCc1ccccc1. The van der Waals surface area contributed by atoms with Gasteiger partial charge in [0.1, 0.15) is 11.7 Å². The van der Waals surface area contributed by atoms with Crippen molar-refractivity contribution in [1.82, 2.24) is 0 Å². The lowest BCUT2D eigenvalue weighted by molar-refractivity contribution is -0.121. The highest BCUT2D eigenvalue weighted by Crippen LogP contribution is 2.13. The van der Waals surface area contributed by atoms with Crippen molar-refractivity contribution in [3.8, 4) is 6.07 Å². The molecule has 0 aliphatic carbocycles. The topological polar surface area (TPSA) is 40.9 Å². The van der Waals surface area contributed by atoms with Crippen molar-refractivity contribution in [3.05, 3.63) is 35.9 Å². The van der Waals surface area contributed by atoms with Crippen LogP contribution in [0.25, 0.3) is 0 Å². The summed E-state index contributed by atoms with van der Waals surface area (Å²) in [6.07, 6.45) is 5.10. The zero-order chi connectivity index (χ0) is 13.2. The highest BCUT2D eigenvalue weighted by Gasteiger charge is 2.16. The zero-order valence-corrected chi connectivity index (χ0v) is 11.1. The lowest BCUT2D eigenvalue weighted by Crippen LogP contribution is -2.13. The largest absolute Gasteiger partial charge is 0.298 e. The molecule has 0 saturated heterocycles. The van der Waals surface area contributed by atoms with Crippen molar-refractivity contribution < 1.29 is 4.79 Å². The second-order valence-electron chi connectivity index (χ2n) is 4.63. The number of carbonyl (C=O) groups excluding carboxylic acids is 1. The number of Topliss-reactive ketones (excluding diaryl/α,β-unsaturated/α-hetero) is 1. The average molecular weight is 243 g/mol. The monoisotopic (exact) mass is 243 g/mol. The summed E-state index contributed by atoms with van der Waals surface area (Å²) >= 11 is 0. The minimum absolute atomic E-state index is 0.113. The molecular weight excluding hydrogens is 222 g/mol. The van der Waals surface area contributed by atoms with E-state index in [1.807, 2.05) is 30.3 Å². The molecular formula is C16H21NO. The Kier molecular flexibility index (Phi) is 6.79. The number of nitrogens with zero attached hydrogens (tertiary/aromatic N) is 1. The third-order valence-electron chi connectivity index (χ3n) is 3.14. The van der Waals surface area contributed by atoms with Gasteiger partial charge < -0.3 is 0 Å². The van der Waals surface area contributed by atoms with Gasteiger partial charge in [0.15, 0.2) is 0 Å². The zero-order valence-electron chi connectivity index (χ0n) is 11.1. The molecule has 1 aromatic carbocycles. The van der Waals surface area contributed by atoms with Crippen LogP contribution in [0.3, 0.4) is 0 Å². The van der Waals surface area contributed by atoms with Crippen molar-refractivity contribution >= 4 is 5.78 Å². The molecule has 2 heteroatoms. The van der Waals surface area contributed by atoms with Gasteiger partial charge in [-0.2, -0.15) is 5.26 Å². The molecule has 2 nitrogen and oxygen atoms in total. The molecule has 0 aromatic heterocycles. The summed E-state index contributed by atoms with van der Waals surface area (Å²) < 4.78 is 0. The third kappa shape index (κ3) is 5.14. The van der Waals surface area contributed by atoms with Crippen LogP contribution in [0.15, 0.2) is 30.3 Å². The number of nitriles is 1. The van der Waals surface area contributed by atoms with Gasteiger partial charge in [-0.3, -0.25) is 4.79 Å². The summed E-state index contributed by atoms with van der Waals surface area (Å²) in [6, 6.07) is 12.2. The molecule has 0 aliphatic heterocycles. The lowest BCUT2D eigenvalue weighted by atomic mass is 9.94. The molecule has 0 heterocycles. The van der Waals surface area contributed by atoms with Crippen molar-refractivity contribution in [3.63, 3.8) is 0 Å². The Labute approximate surface area is 110 Å². The number of unbranched alkanes of at least 4 members (excludes halogenated alkanes) is 2. The standard InChI is InChI=1S/C16H21NO/c1-2-3-5-10-16(18)15(13-17)12-11-14-8-6-4-7-9-14/h4,6-9,15H,2-3,5,10-12H2,1H3. The van der Waals surface area contributed by atoms with E-state index in [1.54, 1.807) is 0 Å². The number of rotatable bonds is 8. The van der Waals surface area contributed by atoms with Crippen LogP contribution in [0.1, 0.15) is 44.6 Å². The van der Waals surface area contributed by atoms with E-state index in [2.05, 4.69) is 13.0 Å². The second kappa shape index (κ2) is 8.47. The molecule has 0 spiro atoms. The summed E-state index contributed by atoms with van der Waals surface area (Å²) in [5.41, 5.74) is 1.19. The van der Waals surface area contributed by atoms with E-state index < -0.39 is 5.92 Å². The maximum absolute atomic E-state index is 11.8. The molecule has 0 radical (unpaired) electrons. The van der Waals surface area contributed by atoms with E-state index in [9.17, 15) is 4.79 Å². The van der Waals surface area contributed by atoms with Crippen LogP contribution in [-0.2, 0) is 11.2 Å². The molecule has 0 fully saturated rings. The van der Waals surface area contributed by atoms with Crippen molar-refractivity contribution in [2.24, 2.45) is 5.92 Å². The van der Waals surface area contributed by atoms with Crippen LogP contribution in [0.2, 0.25) is 0 Å². The van der Waals surface area contributed by atoms with Crippen LogP contribution in [0, 0.1) is 17.2 Å². The van der Waals surface area contributed by atoms with Crippen LogP contribution in [0.4, 0.5) is 0 Å². The summed E-state index contributed by atoms with van der Waals surface area (Å²) in [4.78, 5) is 11.8. The molecule has 0 amide bonds. The first-order valence-corrected chi connectivity index (χ1v) is 6.74. The Balaban J connectivity index is 2.38. The first kappa shape index (κ1) is 14.4. The molecule has 1 aromatic rings. The molecule has 96 valence electrons. The molecule has 18 heavy (non-hydrogen) atoms. The fourth-order valence-electron chi connectivity index (χ4n) is 1.98. The highest BCUT2D eigenvalue weighted by molar-refractivity contribution is 5.83. The summed E-state index contributed by atoms with van der Waals surface area (Å²) in [5.74, 6) is -0.316. The molecule has 0 aliphatic rings. The third-order valence-corrected chi connectivity index (χ3v) is 3.14. The maximum atomic E-state index is 11.8. The van der Waals surface area contributed by atoms with Gasteiger partial charge in [0.2, 0.25) is 0 Å². The van der Waals surface area contributed by atoms with E-state index in [0.717, 1.165) is 25.7 Å². The number of aryl methyl sites for hydroxylation is 1. The first-order valence-electron chi connectivity index (χ1n) is 6.74. The summed E-state index contributed by atoms with van der Waals surface area (Å²) in [5, 5.41) is 9.06. The molecule has 1 unspecified atom stereocenters. The van der Waals surface area contributed by atoms with E-state index >= 15 is 0 Å². The molecule has 1 rings (SSSR count). The normalized spacial score (nSPS) is 11.8. The Morgan fingerprint density at radius 1 is 1.28 bits per heavy atom. The van der Waals surface area contributed by atoms with E-state index in [1.165, 1.54) is 5.56 Å². The number of carbonyl (C=O) groups is 1. The van der Waals surface area contributed by atoms with Crippen LogP contribution < -0.4 is 0 Å². The molecule has 0 N–H and O–H groups in total.